The fourth-order valence-corrected chi connectivity index (χ4v) is 3.18. The fraction of sp³-hybridized carbons (Fsp3) is 0.471. The quantitative estimate of drug-likeness (QED) is 0.769. The van der Waals surface area contributed by atoms with Gasteiger partial charge in [-0.1, -0.05) is 0 Å². The van der Waals surface area contributed by atoms with Gasteiger partial charge in [-0.05, 0) is 45.6 Å². The lowest BCUT2D eigenvalue weighted by atomic mass is 9.86. The summed E-state index contributed by atoms with van der Waals surface area (Å²) in [5, 5.41) is 18.9. The summed E-state index contributed by atoms with van der Waals surface area (Å²) in [5.74, 6) is -0.207. The van der Waals surface area contributed by atoms with E-state index in [9.17, 15) is 9.59 Å². The Morgan fingerprint density at radius 3 is 2.42 bits per heavy atom. The minimum Gasteiger partial charge on any atom is -0.481 e. The lowest BCUT2D eigenvalue weighted by molar-refractivity contribution is -0.142. The summed E-state index contributed by atoms with van der Waals surface area (Å²) < 4.78 is 1.47. The van der Waals surface area contributed by atoms with Crippen molar-refractivity contribution in [3.63, 3.8) is 0 Å². The first-order valence-electron chi connectivity index (χ1n) is 8.59. The number of urea groups is 1. The Labute approximate surface area is 150 Å². The van der Waals surface area contributed by atoms with Gasteiger partial charge < -0.3 is 10.4 Å². The highest BCUT2D eigenvalue weighted by Crippen LogP contribution is 2.24. The number of rotatable bonds is 4. The monoisotopic (exact) mass is 358 g/mol. The van der Waals surface area contributed by atoms with Crippen molar-refractivity contribution in [3.8, 4) is 5.95 Å². The maximum atomic E-state index is 12.3. The number of amides is 2. The Morgan fingerprint density at radius 1 is 1.15 bits per heavy atom. The minimum absolute atomic E-state index is 0.0283. The van der Waals surface area contributed by atoms with Gasteiger partial charge in [-0.2, -0.15) is 9.78 Å². The number of hydrogen-bond acceptors (Lipinski definition) is 5. The van der Waals surface area contributed by atoms with E-state index in [0.29, 0.717) is 37.4 Å². The summed E-state index contributed by atoms with van der Waals surface area (Å²) in [5.41, 5.74) is 1.63. The summed E-state index contributed by atoms with van der Waals surface area (Å²) in [6.45, 7) is 3.74. The minimum atomic E-state index is -0.759. The molecule has 26 heavy (non-hydrogen) atoms. The molecule has 2 aromatic rings. The molecule has 9 heteroatoms. The molecule has 138 valence electrons. The molecule has 1 aliphatic carbocycles. The molecule has 2 aromatic heterocycles. The molecule has 0 aliphatic heterocycles. The molecule has 0 bridgehead atoms. The van der Waals surface area contributed by atoms with Gasteiger partial charge in [-0.25, -0.2) is 14.8 Å². The maximum absolute atomic E-state index is 12.3. The topological polar surface area (TPSA) is 122 Å². The third-order valence-electron chi connectivity index (χ3n) is 4.46. The molecule has 2 amide bonds. The number of anilines is 1. The van der Waals surface area contributed by atoms with Crippen LogP contribution in [0.4, 0.5) is 10.6 Å². The molecule has 0 unspecified atom stereocenters. The van der Waals surface area contributed by atoms with Gasteiger partial charge in [0.05, 0.1) is 12.1 Å². The summed E-state index contributed by atoms with van der Waals surface area (Å²) in [6.07, 6.45) is 4.03. The zero-order valence-corrected chi connectivity index (χ0v) is 14.8. The molecular formula is C17H22N6O3. The first-order valence-corrected chi connectivity index (χ1v) is 8.59. The fourth-order valence-electron chi connectivity index (χ4n) is 3.18. The van der Waals surface area contributed by atoms with E-state index in [1.165, 1.54) is 4.68 Å². The van der Waals surface area contributed by atoms with E-state index in [4.69, 9.17) is 5.11 Å². The molecular weight excluding hydrogens is 336 g/mol. The molecule has 3 rings (SSSR count). The van der Waals surface area contributed by atoms with Crippen LogP contribution in [0.2, 0.25) is 0 Å². The number of carboxylic acid groups (broad SMARTS) is 1. The van der Waals surface area contributed by atoms with Crippen molar-refractivity contribution >= 4 is 17.8 Å². The average Bonchev–Trinajstić information content (AvgIpc) is 3.02. The van der Waals surface area contributed by atoms with Crippen LogP contribution in [-0.2, 0) is 4.79 Å². The molecule has 0 radical (unpaired) electrons. The van der Waals surface area contributed by atoms with Crippen molar-refractivity contribution in [2.75, 3.05) is 5.32 Å². The molecule has 0 atom stereocenters. The predicted molar refractivity (Wildman–Crippen MR) is 94.2 cm³/mol. The van der Waals surface area contributed by atoms with Gasteiger partial charge in [0.15, 0.2) is 0 Å². The van der Waals surface area contributed by atoms with Gasteiger partial charge in [0.2, 0.25) is 0 Å². The van der Waals surface area contributed by atoms with Crippen LogP contribution in [0.15, 0.2) is 18.3 Å². The second-order valence-electron chi connectivity index (χ2n) is 6.56. The zero-order chi connectivity index (χ0) is 18.7. The second kappa shape index (κ2) is 7.51. The molecule has 0 aromatic carbocycles. The van der Waals surface area contributed by atoms with Crippen LogP contribution in [0, 0.1) is 19.8 Å². The number of aromatic nitrogens is 4. The van der Waals surface area contributed by atoms with Crippen molar-refractivity contribution in [1.82, 2.24) is 25.1 Å². The number of hydrogen-bond donors (Lipinski definition) is 3. The van der Waals surface area contributed by atoms with Gasteiger partial charge in [0, 0.05) is 23.5 Å². The highest BCUT2D eigenvalue weighted by atomic mass is 16.4. The van der Waals surface area contributed by atoms with E-state index in [-0.39, 0.29) is 18.0 Å². The van der Waals surface area contributed by atoms with E-state index in [1.54, 1.807) is 12.3 Å². The Kier molecular flexibility index (Phi) is 5.15. The Hall–Kier alpha value is -2.97. The third kappa shape index (κ3) is 4.16. The van der Waals surface area contributed by atoms with Crippen molar-refractivity contribution in [3.05, 3.63) is 29.7 Å². The summed E-state index contributed by atoms with van der Waals surface area (Å²) >= 11 is 0. The highest BCUT2D eigenvalue weighted by Gasteiger charge is 2.26. The Bertz CT molecular complexity index is 790. The third-order valence-corrected chi connectivity index (χ3v) is 4.46. The number of nitrogens with zero attached hydrogens (tertiary/aromatic N) is 4. The van der Waals surface area contributed by atoms with Crippen LogP contribution >= 0.6 is 0 Å². The smallest absolute Gasteiger partial charge is 0.320 e. The largest absolute Gasteiger partial charge is 0.481 e. The van der Waals surface area contributed by atoms with Crippen LogP contribution in [0.1, 0.15) is 37.1 Å². The van der Waals surface area contributed by atoms with Crippen molar-refractivity contribution in [1.29, 1.82) is 0 Å². The molecule has 0 spiro atoms. The predicted octanol–water partition coefficient (Wildman–Crippen LogP) is 2.04. The molecule has 2 heterocycles. The standard InChI is InChI=1S/C17H22N6O3/c1-10-9-11(2)20-16(19-10)23-14(7-8-18-23)22-17(26)21-13-5-3-12(4-6-13)15(24)25/h7-9,12-13H,3-6H2,1-2H3,(H,24,25)(H2,21,22,26). The van der Waals surface area contributed by atoms with E-state index >= 15 is 0 Å². The van der Waals surface area contributed by atoms with Crippen molar-refractivity contribution in [2.45, 2.75) is 45.6 Å². The highest BCUT2D eigenvalue weighted by molar-refractivity contribution is 5.88. The lowest BCUT2D eigenvalue weighted by Gasteiger charge is -2.26. The van der Waals surface area contributed by atoms with Gasteiger partial charge in [0.25, 0.3) is 5.95 Å². The summed E-state index contributed by atoms with van der Waals surface area (Å²) in [6, 6.07) is 3.15. The Morgan fingerprint density at radius 2 is 1.81 bits per heavy atom. The van der Waals surface area contributed by atoms with Crippen LogP contribution in [-0.4, -0.2) is 42.9 Å². The van der Waals surface area contributed by atoms with Gasteiger partial charge in [-0.15, -0.1) is 0 Å². The van der Waals surface area contributed by atoms with Crippen LogP contribution < -0.4 is 10.6 Å². The molecule has 1 fully saturated rings. The number of nitrogens with one attached hydrogen (secondary N) is 2. The number of aliphatic carboxylic acids is 1. The van der Waals surface area contributed by atoms with Gasteiger partial charge in [-0.3, -0.25) is 10.1 Å². The van der Waals surface area contributed by atoms with Gasteiger partial charge in [0.1, 0.15) is 5.82 Å². The number of carbonyl (C=O) groups excluding carboxylic acids is 1. The van der Waals surface area contributed by atoms with Crippen molar-refractivity contribution < 1.29 is 14.7 Å². The SMILES string of the molecule is Cc1cc(C)nc(-n2nccc2NC(=O)NC2CCC(C(=O)O)CC2)n1. The molecule has 1 saturated carbocycles. The van der Waals surface area contributed by atoms with E-state index in [2.05, 4.69) is 25.7 Å². The molecule has 0 saturated heterocycles. The van der Waals surface area contributed by atoms with Crippen LogP contribution in [0.5, 0.6) is 0 Å². The summed E-state index contributed by atoms with van der Waals surface area (Å²) in [4.78, 5) is 32.0. The van der Waals surface area contributed by atoms with E-state index in [1.807, 2.05) is 19.9 Å². The zero-order valence-electron chi connectivity index (χ0n) is 14.8. The molecule has 3 N–H and O–H groups in total. The van der Waals surface area contributed by atoms with E-state index < -0.39 is 5.97 Å². The number of carboxylic acids is 1. The van der Waals surface area contributed by atoms with Crippen molar-refractivity contribution in [2.24, 2.45) is 5.92 Å². The van der Waals surface area contributed by atoms with Crippen LogP contribution in [0.3, 0.4) is 0 Å². The van der Waals surface area contributed by atoms with E-state index in [0.717, 1.165) is 11.4 Å². The van der Waals surface area contributed by atoms with Crippen LogP contribution in [0.25, 0.3) is 5.95 Å². The Balaban J connectivity index is 1.62. The number of aryl methyl sites for hydroxylation is 2. The molecule has 9 nitrogen and oxygen atoms in total. The normalized spacial score (nSPS) is 19.8. The maximum Gasteiger partial charge on any atom is 0.320 e. The summed E-state index contributed by atoms with van der Waals surface area (Å²) in [7, 11) is 0. The first-order chi connectivity index (χ1) is 12.4. The lowest BCUT2D eigenvalue weighted by Crippen LogP contribution is -2.41. The number of carbonyl (C=O) groups is 2. The molecule has 1 aliphatic rings. The average molecular weight is 358 g/mol. The first kappa shape index (κ1) is 17.8. The van der Waals surface area contributed by atoms with Gasteiger partial charge >= 0.3 is 12.0 Å². The second-order valence-corrected chi connectivity index (χ2v) is 6.56.